The van der Waals surface area contributed by atoms with Gasteiger partial charge in [-0.15, -0.1) is 11.6 Å². The number of benzene rings is 1. The van der Waals surface area contributed by atoms with Gasteiger partial charge in [-0.1, -0.05) is 38.4 Å². The van der Waals surface area contributed by atoms with Gasteiger partial charge in [0.2, 0.25) is 0 Å². The molecule has 0 fully saturated rings. The van der Waals surface area contributed by atoms with Crippen molar-refractivity contribution in [3.8, 4) is 5.75 Å². The Morgan fingerprint density at radius 3 is 2.47 bits per heavy atom. The van der Waals surface area contributed by atoms with E-state index in [9.17, 15) is 0 Å². The lowest BCUT2D eigenvalue weighted by molar-refractivity contribution is 0.374. The monoisotopic (exact) mass is 274 g/mol. The molecule has 1 aromatic rings. The van der Waals surface area contributed by atoms with Gasteiger partial charge in [0.1, 0.15) is 5.75 Å². The van der Waals surface area contributed by atoms with E-state index in [0.29, 0.717) is 5.02 Å². The molecule has 1 unspecified atom stereocenters. The van der Waals surface area contributed by atoms with E-state index in [0.717, 1.165) is 18.6 Å². The Bertz CT molecular complexity index is 369. The summed E-state index contributed by atoms with van der Waals surface area (Å²) >= 11 is 12.3. The lowest BCUT2D eigenvalue weighted by Gasteiger charge is -2.25. The molecule has 0 aliphatic rings. The van der Waals surface area contributed by atoms with Crippen LogP contribution in [0.3, 0.4) is 0 Å². The number of aryl methyl sites for hydroxylation is 1. The van der Waals surface area contributed by atoms with Crippen LogP contribution < -0.4 is 4.74 Å². The second-order valence-electron chi connectivity index (χ2n) is 5.34. The lowest BCUT2D eigenvalue weighted by atomic mass is 9.88. The fraction of sp³-hybridized carbons (Fsp3) is 0.571. The summed E-state index contributed by atoms with van der Waals surface area (Å²) in [5.74, 6) is 0.728. The van der Waals surface area contributed by atoms with Gasteiger partial charge in [-0.2, -0.15) is 0 Å². The highest BCUT2D eigenvalue weighted by Gasteiger charge is 2.21. The molecule has 1 atom stereocenters. The van der Waals surface area contributed by atoms with E-state index >= 15 is 0 Å². The number of hydrogen-bond donors (Lipinski definition) is 0. The largest absolute Gasteiger partial charge is 0.495 e. The van der Waals surface area contributed by atoms with Crippen LogP contribution in [0.1, 0.15) is 32.8 Å². The third-order valence-corrected chi connectivity index (χ3v) is 4.03. The van der Waals surface area contributed by atoms with Crippen molar-refractivity contribution < 1.29 is 4.74 Å². The van der Waals surface area contributed by atoms with E-state index in [-0.39, 0.29) is 10.8 Å². The summed E-state index contributed by atoms with van der Waals surface area (Å²) in [5.41, 5.74) is 1.35. The zero-order chi connectivity index (χ0) is 13.1. The molecule has 0 spiro atoms. The Morgan fingerprint density at radius 1 is 1.29 bits per heavy atom. The second-order valence-corrected chi connectivity index (χ2v) is 6.28. The van der Waals surface area contributed by atoms with Crippen molar-refractivity contribution in [3.05, 3.63) is 28.8 Å². The highest BCUT2D eigenvalue weighted by molar-refractivity contribution is 6.32. The molecule has 96 valence electrons. The molecule has 0 saturated carbocycles. The summed E-state index contributed by atoms with van der Waals surface area (Å²) in [6.07, 6.45) is 1.90. The molecule has 3 heteroatoms. The zero-order valence-corrected chi connectivity index (χ0v) is 12.4. The minimum Gasteiger partial charge on any atom is -0.495 e. The van der Waals surface area contributed by atoms with Crippen LogP contribution in [-0.4, -0.2) is 12.5 Å². The fourth-order valence-corrected chi connectivity index (χ4v) is 1.89. The third kappa shape index (κ3) is 4.40. The van der Waals surface area contributed by atoms with Crippen LogP contribution in [0.4, 0.5) is 0 Å². The average Bonchev–Trinajstić information content (AvgIpc) is 2.26. The SMILES string of the molecule is COc1cc(CCC(Cl)C(C)(C)C)ccc1Cl. The van der Waals surface area contributed by atoms with Crippen LogP contribution in [-0.2, 0) is 6.42 Å². The van der Waals surface area contributed by atoms with Crippen molar-refractivity contribution in [2.45, 2.75) is 39.0 Å². The van der Waals surface area contributed by atoms with Crippen LogP contribution in [0, 0.1) is 5.41 Å². The highest BCUT2D eigenvalue weighted by Crippen LogP contribution is 2.30. The predicted molar refractivity (Wildman–Crippen MR) is 75.4 cm³/mol. The molecule has 0 radical (unpaired) electrons. The number of methoxy groups -OCH3 is 1. The molecular formula is C14H20Cl2O. The third-order valence-electron chi connectivity index (χ3n) is 2.84. The number of alkyl halides is 1. The van der Waals surface area contributed by atoms with Gasteiger partial charge in [0.15, 0.2) is 0 Å². The molecule has 0 bridgehead atoms. The molecule has 1 rings (SSSR count). The van der Waals surface area contributed by atoms with Gasteiger partial charge in [0.05, 0.1) is 12.1 Å². The minimum atomic E-state index is 0.137. The summed E-state index contributed by atoms with van der Waals surface area (Å²) in [5, 5.41) is 0.818. The van der Waals surface area contributed by atoms with E-state index < -0.39 is 0 Å². The Labute approximate surface area is 114 Å². The smallest absolute Gasteiger partial charge is 0.137 e. The number of ether oxygens (including phenoxy) is 1. The summed E-state index contributed by atoms with van der Waals surface area (Å²) in [4.78, 5) is 0. The Hall–Kier alpha value is -0.400. The molecule has 17 heavy (non-hydrogen) atoms. The summed E-state index contributed by atoms with van der Waals surface area (Å²) in [6.45, 7) is 6.48. The molecule has 1 aromatic carbocycles. The van der Waals surface area contributed by atoms with Gasteiger partial charge >= 0.3 is 0 Å². The van der Waals surface area contributed by atoms with Crippen LogP contribution in [0.5, 0.6) is 5.75 Å². The number of halogens is 2. The van der Waals surface area contributed by atoms with Gasteiger partial charge in [-0.25, -0.2) is 0 Å². The number of rotatable bonds is 4. The summed E-state index contributed by atoms with van der Waals surface area (Å²) in [6, 6.07) is 5.88. The molecule has 0 saturated heterocycles. The van der Waals surface area contributed by atoms with E-state index in [1.54, 1.807) is 7.11 Å². The molecule has 0 aliphatic carbocycles. The first-order valence-corrected chi connectivity index (χ1v) is 6.62. The fourth-order valence-electron chi connectivity index (χ4n) is 1.59. The van der Waals surface area contributed by atoms with Gasteiger partial charge in [0.25, 0.3) is 0 Å². The summed E-state index contributed by atoms with van der Waals surface area (Å²) in [7, 11) is 1.63. The van der Waals surface area contributed by atoms with Crippen molar-refractivity contribution >= 4 is 23.2 Å². The standard InChI is InChI=1S/C14H20Cl2O/c1-14(2,3)13(16)8-6-10-5-7-11(15)12(9-10)17-4/h5,7,9,13H,6,8H2,1-4H3. The van der Waals surface area contributed by atoms with Crippen molar-refractivity contribution in [2.24, 2.45) is 5.41 Å². The highest BCUT2D eigenvalue weighted by atomic mass is 35.5. The second kappa shape index (κ2) is 5.97. The maximum absolute atomic E-state index is 6.35. The maximum Gasteiger partial charge on any atom is 0.137 e. The molecule has 1 nitrogen and oxygen atoms in total. The molecule has 0 amide bonds. The first-order valence-electron chi connectivity index (χ1n) is 5.81. The first kappa shape index (κ1) is 14.7. The van der Waals surface area contributed by atoms with Crippen molar-refractivity contribution in [1.82, 2.24) is 0 Å². The van der Waals surface area contributed by atoms with E-state index in [4.69, 9.17) is 27.9 Å². The molecular weight excluding hydrogens is 255 g/mol. The lowest BCUT2D eigenvalue weighted by Crippen LogP contribution is -2.21. The molecule has 0 N–H and O–H groups in total. The normalized spacial score (nSPS) is 13.5. The van der Waals surface area contributed by atoms with Gasteiger partial charge in [-0.05, 0) is 36.0 Å². The van der Waals surface area contributed by atoms with Crippen LogP contribution in [0.25, 0.3) is 0 Å². The van der Waals surface area contributed by atoms with E-state index in [2.05, 4.69) is 20.8 Å². The quantitative estimate of drug-likeness (QED) is 0.707. The van der Waals surface area contributed by atoms with Crippen molar-refractivity contribution in [2.75, 3.05) is 7.11 Å². The van der Waals surface area contributed by atoms with E-state index in [1.807, 2.05) is 18.2 Å². The Balaban J connectivity index is 2.64. The Kier molecular flexibility index (Phi) is 5.15. The van der Waals surface area contributed by atoms with Gasteiger partial charge < -0.3 is 4.74 Å². The average molecular weight is 275 g/mol. The topological polar surface area (TPSA) is 9.23 Å². The van der Waals surface area contributed by atoms with Crippen molar-refractivity contribution in [1.29, 1.82) is 0 Å². The molecule has 0 aliphatic heterocycles. The first-order chi connectivity index (χ1) is 7.84. The zero-order valence-electron chi connectivity index (χ0n) is 10.9. The molecule has 0 aromatic heterocycles. The van der Waals surface area contributed by atoms with Gasteiger partial charge in [-0.3, -0.25) is 0 Å². The Morgan fingerprint density at radius 2 is 1.94 bits per heavy atom. The van der Waals surface area contributed by atoms with E-state index in [1.165, 1.54) is 5.56 Å². The number of hydrogen-bond acceptors (Lipinski definition) is 1. The van der Waals surface area contributed by atoms with Crippen LogP contribution >= 0.6 is 23.2 Å². The van der Waals surface area contributed by atoms with Gasteiger partial charge in [0, 0.05) is 5.38 Å². The van der Waals surface area contributed by atoms with Crippen molar-refractivity contribution in [3.63, 3.8) is 0 Å². The minimum absolute atomic E-state index is 0.137. The van der Waals surface area contributed by atoms with Crippen LogP contribution in [0.15, 0.2) is 18.2 Å². The maximum atomic E-state index is 6.35. The predicted octanol–water partition coefficient (Wildman–Crippen LogP) is 4.93. The summed E-state index contributed by atoms with van der Waals surface area (Å²) < 4.78 is 5.19. The van der Waals surface area contributed by atoms with Crippen LogP contribution in [0.2, 0.25) is 5.02 Å². The molecule has 0 heterocycles.